The number of halogens is 2. The number of benzene rings is 1. The molecule has 1 aliphatic carbocycles. The quantitative estimate of drug-likeness (QED) is 0.820. The highest BCUT2D eigenvalue weighted by molar-refractivity contribution is 7.91. The van der Waals surface area contributed by atoms with Crippen molar-refractivity contribution in [1.82, 2.24) is 5.32 Å². The molecule has 0 radical (unpaired) electrons. The van der Waals surface area contributed by atoms with Crippen molar-refractivity contribution < 1.29 is 18.0 Å². The Bertz CT molecular complexity index is 797. The highest BCUT2D eigenvalue weighted by Crippen LogP contribution is 2.40. The van der Waals surface area contributed by atoms with Crippen LogP contribution in [-0.2, 0) is 19.4 Å². The normalized spacial score (nSPS) is 27.5. The van der Waals surface area contributed by atoms with E-state index in [0.717, 1.165) is 0 Å². The van der Waals surface area contributed by atoms with Crippen molar-refractivity contribution in [2.24, 2.45) is 11.8 Å². The van der Waals surface area contributed by atoms with Gasteiger partial charge in [-0.25, -0.2) is 8.42 Å². The van der Waals surface area contributed by atoms with Crippen LogP contribution in [0.15, 0.2) is 18.2 Å². The molecule has 0 aromatic heterocycles. The van der Waals surface area contributed by atoms with Crippen LogP contribution in [-0.4, -0.2) is 37.8 Å². The van der Waals surface area contributed by atoms with Crippen molar-refractivity contribution in [1.29, 1.82) is 0 Å². The first kappa shape index (κ1) is 17.5. The number of hydrogen-bond donors (Lipinski definition) is 2. The van der Waals surface area contributed by atoms with Crippen molar-refractivity contribution in [2.45, 2.75) is 18.9 Å². The molecular weight excluding hydrogens is 375 g/mol. The lowest BCUT2D eigenvalue weighted by atomic mass is 10.2. The fourth-order valence-corrected chi connectivity index (χ4v) is 4.77. The highest BCUT2D eigenvalue weighted by Gasteiger charge is 2.48. The first-order chi connectivity index (χ1) is 11.2. The Labute approximate surface area is 149 Å². The second kappa shape index (κ2) is 6.54. The van der Waals surface area contributed by atoms with E-state index in [4.69, 9.17) is 23.2 Å². The van der Waals surface area contributed by atoms with Gasteiger partial charge in [0.05, 0.1) is 33.4 Å². The van der Waals surface area contributed by atoms with Gasteiger partial charge in [-0.05, 0) is 31.0 Å². The van der Waals surface area contributed by atoms with Crippen LogP contribution >= 0.6 is 23.2 Å². The summed E-state index contributed by atoms with van der Waals surface area (Å²) in [5, 5.41) is 6.16. The molecule has 3 unspecified atom stereocenters. The fourth-order valence-electron chi connectivity index (χ4n) is 2.80. The van der Waals surface area contributed by atoms with E-state index in [1.165, 1.54) is 0 Å². The minimum absolute atomic E-state index is 0.0222. The van der Waals surface area contributed by atoms with Gasteiger partial charge >= 0.3 is 0 Å². The van der Waals surface area contributed by atoms with Gasteiger partial charge in [0.2, 0.25) is 11.8 Å². The van der Waals surface area contributed by atoms with Gasteiger partial charge in [0.15, 0.2) is 9.84 Å². The molecule has 1 heterocycles. The second-order valence-corrected chi connectivity index (χ2v) is 9.22. The molecule has 130 valence electrons. The molecule has 2 fully saturated rings. The Morgan fingerprint density at radius 2 is 1.79 bits per heavy atom. The predicted octanol–water partition coefficient (Wildman–Crippen LogP) is 1.87. The van der Waals surface area contributed by atoms with E-state index in [2.05, 4.69) is 10.6 Å². The molecule has 1 aromatic carbocycles. The van der Waals surface area contributed by atoms with Crippen LogP contribution in [0.4, 0.5) is 5.69 Å². The largest absolute Gasteiger partial charge is 0.352 e. The van der Waals surface area contributed by atoms with Gasteiger partial charge in [-0.1, -0.05) is 23.2 Å². The maximum absolute atomic E-state index is 12.2. The minimum Gasteiger partial charge on any atom is -0.352 e. The van der Waals surface area contributed by atoms with Gasteiger partial charge in [0, 0.05) is 11.7 Å². The van der Waals surface area contributed by atoms with Gasteiger partial charge in [-0.3, -0.25) is 9.59 Å². The second-order valence-electron chi connectivity index (χ2n) is 6.18. The lowest BCUT2D eigenvalue weighted by molar-refractivity contribution is -0.125. The molecule has 2 amide bonds. The third kappa shape index (κ3) is 4.02. The third-order valence-corrected chi connectivity index (χ3v) is 6.74. The molecule has 1 aliphatic heterocycles. The van der Waals surface area contributed by atoms with E-state index >= 15 is 0 Å². The molecule has 9 heteroatoms. The number of sulfone groups is 1. The summed E-state index contributed by atoms with van der Waals surface area (Å²) in [6.07, 6.45) is 0.888. The summed E-state index contributed by atoms with van der Waals surface area (Å²) >= 11 is 11.7. The Kier molecular flexibility index (Phi) is 4.77. The fraction of sp³-hybridized carbons (Fsp3) is 0.467. The zero-order valence-electron chi connectivity index (χ0n) is 12.6. The van der Waals surface area contributed by atoms with Crippen molar-refractivity contribution in [3.05, 3.63) is 28.2 Å². The van der Waals surface area contributed by atoms with Crippen LogP contribution in [0.1, 0.15) is 12.8 Å². The van der Waals surface area contributed by atoms with Gasteiger partial charge in [-0.15, -0.1) is 0 Å². The first-order valence-corrected chi connectivity index (χ1v) is 10.1. The SMILES string of the molecule is O=C(Nc1ccc(Cl)c(Cl)c1)C1CC1C(=O)NC1CCS(=O)(=O)C1. The van der Waals surface area contributed by atoms with Crippen molar-refractivity contribution in [2.75, 3.05) is 16.8 Å². The van der Waals surface area contributed by atoms with E-state index in [1.54, 1.807) is 18.2 Å². The number of nitrogens with one attached hydrogen (secondary N) is 2. The summed E-state index contributed by atoms with van der Waals surface area (Å²) in [7, 11) is -3.04. The molecule has 0 spiro atoms. The van der Waals surface area contributed by atoms with E-state index in [0.29, 0.717) is 28.6 Å². The van der Waals surface area contributed by atoms with Crippen LogP contribution in [0, 0.1) is 11.8 Å². The van der Waals surface area contributed by atoms with Crippen LogP contribution in [0.2, 0.25) is 10.0 Å². The molecule has 1 saturated heterocycles. The zero-order chi connectivity index (χ0) is 17.5. The smallest absolute Gasteiger partial charge is 0.228 e. The molecule has 0 bridgehead atoms. The monoisotopic (exact) mass is 390 g/mol. The number of carbonyl (C=O) groups is 2. The van der Waals surface area contributed by atoms with Crippen molar-refractivity contribution in [3.63, 3.8) is 0 Å². The van der Waals surface area contributed by atoms with Crippen molar-refractivity contribution >= 4 is 50.5 Å². The Balaban J connectivity index is 1.52. The average Bonchev–Trinajstić information content (AvgIpc) is 3.23. The van der Waals surface area contributed by atoms with Gasteiger partial charge in [-0.2, -0.15) is 0 Å². The van der Waals surface area contributed by atoms with Crippen molar-refractivity contribution in [3.8, 4) is 0 Å². The van der Waals surface area contributed by atoms with E-state index < -0.39 is 21.7 Å². The topological polar surface area (TPSA) is 92.3 Å². The van der Waals surface area contributed by atoms with Gasteiger partial charge in [0.1, 0.15) is 0 Å². The molecule has 3 rings (SSSR count). The standard InChI is InChI=1S/C15H16Cl2N2O4S/c16-12-2-1-8(5-13(12)17)18-14(20)10-6-11(10)15(21)19-9-3-4-24(22,23)7-9/h1-2,5,9-11H,3-4,6-7H2,(H,18,20)(H,19,21). The molecule has 2 N–H and O–H groups in total. The lowest BCUT2D eigenvalue weighted by Crippen LogP contribution is -2.37. The summed E-state index contributed by atoms with van der Waals surface area (Å²) in [5.41, 5.74) is 0.516. The van der Waals surface area contributed by atoms with Crippen LogP contribution in [0.25, 0.3) is 0 Å². The summed E-state index contributed by atoms with van der Waals surface area (Å²) in [4.78, 5) is 24.3. The Morgan fingerprint density at radius 3 is 2.42 bits per heavy atom. The molecule has 2 aliphatic rings. The van der Waals surface area contributed by atoms with Crippen LogP contribution in [0.5, 0.6) is 0 Å². The Morgan fingerprint density at radius 1 is 1.08 bits per heavy atom. The van der Waals surface area contributed by atoms with E-state index in [1.807, 2.05) is 0 Å². The third-order valence-electron chi connectivity index (χ3n) is 4.23. The number of anilines is 1. The number of amides is 2. The Hall–Kier alpha value is -1.31. The van der Waals surface area contributed by atoms with E-state index in [-0.39, 0.29) is 29.4 Å². The predicted molar refractivity (Wildman–Crippen MR) is 91.9 cm³/mol. The van der Waals surface area contributed by atoms with Crippen LogP contribution < -0.4 is 10.6 Å². The molecular formula is C15H16Cl2N2O4S. The maximum atomic E-state index is 12.2. The first-order valence-electron chi connectivity index (χ1n) is 7.52. The summed E-state index contributed by atoms with van der Waals surface area (Å²) < 4.78 is 22.8. The number of rotatable bonds is 4. The lowest BCUT2D eigenvalue weighted by Gasteiger charge is -2.10. The maximum Gasteiger partial charge on any atom is 0.228 e. The summed E-state index contributed by atoms with van der Waals surface area (Å²) in [6, 6.07) is 4.41. The highest BCUT2D eigenvalue weighted by atomic mass is 35.5. The molecule has 3 atom stereocenters. The summed E-state index contributed by atoms with van der Waals surface area (Å²) in [5.74, 6) is -1.25. The molecule has 6 nitrogen and oxygen atoms in total. The summed E-state index contributed by atoms with van der Waals surface area (Å²) in [6.45, 7) is 0. The van der Waals surface area contributed by atoms with E-state index in [9.17, 15) is 18.0 Å². The number of hydrogen-bond acceptors (Lipinski definition) is 4. The zero-order valence-corrected chi connectivity index (χ0v) is 14.9. The van der Waals surface area contributed by atoms with Crippen LogP contribution in [0.3, 0.4) is 0 Å². The van der Waals surface area contributed by atoms with Gasteiger partial charge in [0.25, 0.3) is 0 Å². The average molecular weight is 391 g/mol. The minimum atomic E-state index is -3.04. The molecule has 24 heavy (non-hydrogen) atoms. The molecule has 1 saturated carbocycles. The number of carbonyl (C=O) groups excluding carboxylic acids is 2. The molecule has 1 aromatic rings. The van der Waals surface area contributed by atoms with Gasteiger partial charge < -0.3 is 10.6 Å².